The van der Waals surface area contributed by atoms with Crippen molar-refractivity contribution < 1.29 is 8.42 Å². The molecule has 1 aliphatic carbocycles. The smallest absolute Gasteiger partial charge is 0.216 e. The van der Waals surface area contributed by atoms with Crippen LogP contribution >= 0.6 is 0 Å². The van der Waals surface area contributed by atoms with E-state index in [9.17, 15) is 8.42 Å². The predicted molar refractivity (Wildman–Crippen MR) is 52.3 cm³/mol. The van der Waals surface area contributed by atoms with Gasteiger partial charge in [0.25, 0.3) is 10.2 Å². The maximum absolute atomic E-state index is 10.7. The molecule has 78 valence electrons. The van der Waals surface area contributed by atoms with E-state index in [0.29, 0.717) is 6.54 Å². The van der Waals surface area contributed by atoms with E-state index in [0.717, 1.165) is 19.3 Å². The summed E-state index contributed by atoms with van der Waals surface area (Å²) in [4.78, 5) is 0. The lowest BCUT2D eigenvalue weighted by Crippen LogP contribution is -2.39. The average Bonchev–Trinajstić information content (AvgIpc) is 2.49. The Balaban J connectivity index is 2.50. The molecule has 13 heavy (non-hydrogen) atoms. The average molecular weight is 206 g/mol. The van der Waals surface area contributed by atoms with Crippen LogP contribution in [0.3, 0.4) is 0 Å². The zero-order chi connectivity index (χ0) is 9.95. The maximum Gasteiger partial charge on any atom is 0.274 e. The minimum absolute atomic E-state index is 0.173. The monoisotopic (exact) mass is 206 g/mol. The van der Waals surface area contributed by atoms with Crippen molar-refractivity contribution in [2.24, 2.45) is 10.6 Å². The molecular weight excluding hydrogens is 188 g/mol. The van der Waals surface area contributed by atoms with Crippen LogP contribution in [-0.2, 0) is 10.2 Å². The van der Waals surface area contributed by atoms with Crippen LogP contribution in [0.5, 0.6) is 0 Å². The number of hydrogen-bond donors (Lipinski definition) is 2. The summed E-state index contributed by atoms with van der Waals surface area (Å²) in [5.41, 5.74) is 0.173. The number of hydrogen-bond acceptors (Lipinski definition) is 2. The molecule has 0 aromatic heterocycles. The van der Waals surface area contributed by atoms with Gasteiger partial charge in [-0.15, -0.1) is 0 Å². The van der Waals surface area contributed by atoms with E-state index in [1.54, 1.807) is 0 Å². The van der Waals surface area contributed by atoms with Gasteiger partial charge in [0, 0.05) is 6.54 Å². The molecule has 1 fully saturated rings. The van der Waals surface area contributed by atoms with Gasteiger partial charge in [-0.3, -0.25) is 0 Å². The number of nitrogens with two attached hydrogens (primary N) is 1. The van der Waals surface area contributed by atoms with Gasteiger partial charge >= 0.3 is 0 Å². The lowest BCUT2D eigenvalue weighted by molar-refractivity contribution is 0.285. The van der Waals surface area contributed by atoms with Crippen LogP contribution in [-0.4, -0.2) is 15.0 Å². The SMILES string of the molecule is CCC1(CNS(N)(=O)=O)CCCC1. The zero-order valence-corrected chi connectivity index (χ0v) is 8.86. The molecule has 0 saturated heterocycles. The highest BCUT2D eigenvalue weighted by atomic mass is 32.2. The second-order valence-electron chi connectivity index (χ2n) is 3.93. The lowest BCUT2D eigenvalue weighted by atomic mass is 9.84. The topological polar surface area (TPSA) is 72.2 Å². The van der Waals surface area contributed by atoms with Crippen molar-refractivity contribution in [2.45, 2.75) is 39.0 Å². The van der Waals surface area contributed by atoms with Crippen molar-refractivity contribution in [1.29, 1.82) is 0 Å². The Hall–Kier alpha value is -0.130. The molecule has 0 unspecified atom stereocenters. The van der Waals surface area contributed by atoms with E-state index in [-0.39, 0.29) is 5.41 Å². The quantitative estimate of drug-likeness (QED) is 0.712. The van der Waals surface area contributed by atoms with Crippen molar-refractivity contribution in [3.05, 3.63) is 0 Å². The van der Waals surface area contributed by atoms with E-state index in [1.807, 2.05) is 0 Å². The fraction of sp³-hybridized carbons (Fsp3) is 1.00. The third-order valence-electron chi connectivity index (χ3n) is 3.06. The van der Waals surface area contributed by atoms with Gasteiger partial charge in [0.1, 0.15) is 0 Å². The Morgan fingerprint density at radius 3 is 2.31 bits per heavy atom. The van der Waals surface area contributed by atoms with Gasteiger partial charge in [-0.1, -0.05) is 19.8 Å². The van der Waals surface area contributed by atoms with Gasteiger partial charge in [0.05, 0.1) is 0 Å². The van der Waals surface area contributed by atoms with Gasteiger partial charge in [-0.25, -0.2) is 9.86 Å². The highest BCUT2D eigenvalue weighted by molar-refractivity contribution is 7.87. The second-order valence-corrected chi connectivity index (χ2v) is 5.31. The zero-order valence-electron chi connectivity index (χ0n) is 8.04. The molecule has 0 spiro atoms. The van der Waals surface area contributed by atoms with E-state index in [1.165, 1.54) is 12.8 Å². The molecule has 0 heterocycles. The molecule has 0 aliphatic heterocycles. The molecule has 0 atom stereocenters. The molecule has 1 saturated carbocycles. The Morgan fingerprint density at radius 1 is 1.38 bits per heavy atom. The molecule has 0 aromatic rings. The van der Waals surface area contributed by atoms with Gasteiger partial charge < -0.3 is 0 Å². The molecule has 0 radical (unpaired) electrons. The van der Waals surface area contributed by atoms with Gasteiger partial charge in [-0.2, -0.15) is 8.42 Å². The van der Waals surface area contributed by atoms with Crippen LogP contribution in [0.2, 0.25) is 0 Å². The van der Waals surface area contributed by atoms with Crippen LogP contribution in [0.1, 0.15) is 39.0 Å². The van der Waals surface area contributed by atoms with Crippen molar-refractivity contribution >= 4 is 10.2 Å². The summed E-state index contributed by atoms with van der Waals surface area (Å²) in [6.07, 6.45) is 5.67. The van der Waals surface area contributed by atoms with Crippen molar-refractivity contribution in [3.8, 4) is 0 Å². The first-order chi connectivity index (χ1) is 5.97. The normalized spacial score (nSPS) is 22.0. The third-order valence-corrected chi connectivity index (χ3v) is 3.61. The summed E-state index contributed by atoms with van der Waals surface area (Å²) in [5, 5.41) is 4.89. The summed E-state index contributed by atoms with van der Waals surface area (Å²) in [6, 6.07) is 0. The van der Waals surface area contributed by atoms with Crippen LogP contribution in [0.4, 0.5) is 0 Å². The second kappa shape index (κ2) is 3.94. The molecule has 1 aliphatic rings. The van der Waals surface area contributed by atoms with Crippen molar-refractivity contribution in [2.75, 3.05) is 6.54 Å². The summed E-state index contributed by atoms with van der Waals surface area (Å²) in [6.45, 7) is 2.61. The van der Waals surface area contributed by atoms with E-state index < -0.39 is 10.2 Å². The predicted octanol–water partition coefficient (Wildman–Crippen LogP) is 0.750. The lowest BCUT2D eigenvalue weighted by Gasteiger charge is -2.26. The summed E-state index contributed by atoms with van der Waals surface area (Å²) >= 11 is 0. The van der Waals surface area contributed by atoms with Gasteiger partial charge in [0.15, 0.2) is 0 Å². The van der Waals surface area contributed by atoms with E-state index in [2.05, 4.69) is 11.6 Å². The first kappa shape index (κ1) is 10.9. The Labute approximate surface area is 80.1 Å². The van der Waals surface area contributed by atoms with Crippen LogP contribution < -0.4 is 9.86 Å². The Kier molecular flexibility index (Phi) is 3.32. The minimum atomic E-state index is -3.51. The standard InChI is InChI=1S/C8H18N2O2S/c1-2-8(5-3-4-6-8)7-10-13(9,11)12/h10H,2-7H2,1H3,(H2,9,11,12). The highest BCUT2D eigenvalue weighted by Crippen LogP contribution is 2.40. The molecule has 0 aromatic carbocycles. The maximum atomic E-state index is 10.7. The number of rotatable bonds is 4. The van der Waals surface area contributed by atoms with Crippen LogP contribution in [0.25, 0.3) is 0 Å². The Morgan fingerprint density at radius 2 is 1.92 bits per heavy atom. The molecule has 4 nitrogen and oxygen atoms in total. The molecule has 0 bridgehead atoms. The molecule has 3 N–H and O–H groups in total. The molecular formula is C8H18N2O2S. The fourth-order valence-electron chi connectivity index (χ4n) is 2.03. The van der Waals surface area contributed by atoms with Crippen molar-refractivity contribution in [3.63, 3.8) is 0 Å². The van der Waals surface area contributed by atoms with Crippen molar-refractivity contribution in [1.82, 2.24) is 4.72 Å². The van der Waals surface area contributed by atoms with Crippen LogP contribution in [0.15, 0.2) is 0 Å². The van der Waals surface area contributed by atoms with E-state index in [4.69, 9.17) is 5.14 Å². The highest BCUT2D eigenvalue weighted by Gasteiger charge is 2.32. The van der Waals surface area contributed by atoms with Gasteiger partial charge in [-0.05, 0) is 24.7 Å². The van der Waals surface area contributed by atoms with Gasteiger partial charge in [0.2, 0.25) is 0 Å². The summed E-state index contributed by atoms with van der Waals surface area (Å²) < 4.78 is 23.8. The van der Waals surface area contributed by atoms with Crippen LogP contribution in [0, 0.1) is 5.41 Å². The molecule has 0 amide bonds. The minimum Gasteiger partial charge on any atom is -0.216 e. The number of nitrogens with one attached hydrogen (secondary N) is 1. The molecule has 1 rings (SSSR count). The third kappa shape index (κ3) is 3.25. The largest absolute Gasteiger partial charge is 0.274 e. The Bertz CT molecular complexity index is 255. The summed E-state index contributed by atoms with van der Waals surface area (Å²) in [7, 11) is -3.51. The summed E-state index contributed by atoms with van der Waals surface area (Å²) in [5.74, 6) is 0. The first-order valence-electron chi connectivity index (χ1n) is 4.75. The first-order valence-corrected chi connectivity index (χ1v) is 6.29. The fourth-order valence-corrected chi connectivity index (χ4v) is 2.54. The molecule has 5 heteroatoms. The van der Waals surface area contributed by atoms with E-state index >= 15 is 0 Å².